The Kier molecular flexibility index (Phi) is 10.5. The molecule has 0 bridgehead atoms. The Labute approximate surface area is 181 Å². The van der Waals surface area contributed by atoms with Crippen LogP contribution in [0.15, 0.2) is 58.4 Å². The van der Waals surface area contributed by atoms with E-state index in [1.54, 1.807) is 12.3 Å². The maximum absolute atomic E-state index is 12.8. The van der Waals surface area contributed by atoms with Crippen molar-refractivity contribution < 1.29 is 14.7 Å². The van der Waals surface area contributed by atoms with Crippen molar-refractivity contribution in [3.63, 3.8) is 0 Å². The van der Waals surface area contributed by atoms with Crippen molar-refractivity contribution in [3.8, 4) is 0 Å². The molecular weight excluding hydrogens is 398 g/mol. The molecule has 1 aromatic heterocycles. The highest BCUT2D eigenvalue weighted by Crippen LogP contribution is 2.15. The number of carboxylic acid groups (broad SMARTS) is 1. The summed E-state index contributed by atoms with van der Waals surface area (Å²) in [6.07, 6.45) is 2.08. The number of carboxylic acids is 1. The standard InChI is InChI=1S/C20H25N5O4.C2H6/c1-13(14-7-3-2-4-8-14)25-12-6-9-15(18(25)27)17(26)24-16(19(28)29)10-5-11-23-20(21)22;1-2/h2-4,6-9,12-13,16H,5,10-11H2,1H3,(H,24,26)(H,28,29)(H4,21,22,23);1-2H3. The fourth-order valence-corrected chi connectivity index (χ4v) is 2.88. The number of aromatic nitrogens is 1. The summed E-state index contributed by atoms with van der Waals surface area (Å²) < 4.78 is 1.44. The Hall–Kier alpha value is -3.62. The van der Waals surface area contributed by atoms with E-state index in [1.807, 2.05) is 51.1 Å². The molecule has 168 valence electrons. The topological polar surface area (TPSA) is 153 Å². The number of amides is 1. The number of guanidine groups is 1. The maximum Gasteiger partial charge on any atom is 0.326 e. The van der Waals surface area contributed by atoms with Gasteiger partial charge in [0, 0.05) is 12.7 Å². The average molecular weight is 430 g/mol. The molecule has 1 heterocycles. The number of pyridine rings is 1. The predicted molar refractivity (Wildman–Crippen MR) is 121 cm³/mol. The van der Waals surface area contributed by atoms with Crippen LogP contribution < -0.4 is 22.3 Å². The van der Waals surface area contributed by atoms with Crippen molar-refractivity contribution >= 4 is 17.8 Å². The van der Waals surface area contributed by atoms with Crippen molar-refractivity contribution in [2.24, 2.45) is 16.5 Å². The molecule has 0 saturated heterocycles. The van der Waals surface area contributed by atoms with Crippen molar-refractivity contribution in [2.75, 3.05) is 6.54 Å². The van der Waals surface area contributed by atoms with Crippen LogP contribution >= 0.6 is 0 Å². The highest BCUT2D eigenvalue weighted by atomic mass is 16.4. The van der Waals surface area contributed by atoms with Gasteiger partial charge in [0.05, 0.1) is 6.04 Å². The molecule has 0 radical (unpaired) electrons. The molecule has 0 fully saturated rings. The molecule has 2 atom stereocenters. The molecule has 2 unspecified atom stereocenters. The van der Waals surface area contributed by atoms with Gasteiger partial charge in [0.2, 0.25) is 0 Å². The first kappa shape index (κ1) is 25.4. The molecule has 1 aromatic carbocycles. The number of aliphatic carboxylic acids is 1. The third kappa shape index (κ3) is 7.61. The molecule has 0 aliphatic heterocycles. The minimum Gasteiger partial charge on any atom is -0.480 e. The zero-order chi connectivity index (χ0) is 23.4. The lowest BCUT2D eigenvalue weighted by atomic mass is 10.1. The first-order valence-corrected chi connectivity index (χ1v) is 10.2. The van der Waals surface area contributed by atoms with Gasteiger partial charge in [0.25, 0.3) is 11.5 Å². The van der Waals surface area contributed by atoms with E-state index in [1.165, 1.54) is 10.6 Å². The molecular formula is C22H31N5O4. The normalized spacial score (nSPS) is 12.0. The van der Waals surface area contributed by atoms with E-state index in [4.69, 9.17) is 11.5 Å². The number of hydrogen-bond donors (Lipinski definition) is 4. The second-order valence-corrected chi connectivity index (χ2v) is 6.53. The Balaban J connectivity index is 0.00000233. The molecule has 0 spiro atoms. The third-order valence-corrected chi connectivity index (χ3v) is 4.47. The van der Waals surface area contributed by atoms with E-state index in [-0.39, 0.29) is 30.5 Å². The summed E-state index contributed by atoms with van der Waals surface area (Å²) in [7, 11) is 0. The third-order valence-electron chi connectivity index (χ3n) is 4.47. The minimum absolute atomic E-state index is 0.0849. The van der Waals surface area contributed by atoms with Crippen LogP contribution in [0, 0.1) is 0 Å². The molecule has 1 amide bonds. The van der Waals surface area contributed by atoms with E-state index in [0.29, 0.717) is 6.42 Å². The van der Waals surface area contributed by atoms with Crippen LogP contribution in [-0.2, 0) is 4.79 Å². The summed E-state index contributed by atoms with van der Waals surface area (Å²) in [4.78, 5) is 40.6. The van der Waals surface area contributed by atoms with Crippen LogP contribution in [0.4, 0.5) is 0 Å². The second-order valence-electron chi connectivity index (χ2n) is 6.53. The molecule has 0 saturated carbocycles. The molecule has 2 aromatic rings. The van der Waals surface area contributed by atoms with E-state index in [2.05, 4.69) is 10.3 Å². The summed E-state index contributed by atoms with van der Waals surface area (Å²) in [5.41, 5.74) is 10.8. The number of rotatable bonds is 9. The summed E-state index contributed by atoms with van der Waals surface area (Å²) >= 11 is 0. The Morgan fingerprint density at radius 1 is 1.13 bits per heavy atom. The van der Waals surface area contributed by atoms with Crippen LogP contribution in [0.3, 0.4) is 0 Å². The lowest BCUT2D eigenvalue weighted by Crippen LogP contribution is -2.43. The van der Waals surface area contributed by atoms with Gasteiger partial charge in [-0.1, -0.05) is 44.2 Å². The molecule has 0 aliphatic carbocycles. The van der Waals surface area contributed by atoms with E-state index in [0.717, 1.165) is 5.56 Å². The Bertz CT molecular complexity index is 936. The summed E-state index contributed by atoms with van der Waals surface area (Å²) in [5, 5.41) is 11.8. The molecule has 2 rings (SSSR count). The monoisotopic (exact) mass is 429 g/mol. The number of carbonyl (C=O) groups is 2. The fourth-order valence-electron chi connectivity index (χ4n) is 2.88. The zero-order valence-electron chi connectivity index (χ0n) is 18.1. The fraction of sp³-hybridized carbons (Fsp3) is 0.364. The van der Waals surface area contributed by atoms with Gasteiger partial charge in [0.1, 0.15) is 11.6 Å². The lowest BCUT2D eigenvalue weighted by molar-refractivity contribution is -0.139. The molecule has 0 aliphatic rings. The van der Waals surface area contributed by atoms with Gasteiger partial charge in [-0.15, -0.1) is 0 Å². The van der Waals surface area contributed by atoms with Gasteiger partial charge in [0.15, 0.2) is 5.96 Å². The molecule has 9 nitrogen and oxygen atoms in total. The van der Waals surface area contributed by atoms with Gasteiger partial charge in [-0.3, -0.25) is 14.6 Å². The van der Waals surface area contributed by atoms with Crippen molar-refractivity contribution in [3.05, 3.63) is 70.1 Å². The first-order valence-electron chi connectivity index (χ1n) is 10.2. The van der Waals surface area contributed by atoms with Gasteiger partial charge in [-0.2, -0.15) is 0 Å². The van der Waals surface area contributed by atoms with Crippen molar-refractivity contribution in [1.29, 1.82) is 0 Å². The van der Waals surface area contributed by atoms with Crippen LogP contribution in [0.25, 0.3) is 0 Å². The molecule has 9 heteroatoms. The lowest BCUT2D eigenvalue weighted by Gasteiger charge is -2.17. The SMILES string of the molecule is CC.CC(c1ccccc1)n1cccc(C(=O)NC(CCCN=C(N)N)C(=O)O)c1=O. The number of aliphatic imine (C=N–C) groups is 1. The Morgan fingerprint density at radius 3 is 2.35 bits per heavy atom. The number of nitrogens with two attached hydrogens (primary N) is 2. The number of benzene rings is 1. The predicted octanol–water partition coefficient (Wildman–Crippen LogP) is 1.72. The smallest absolute Gasteiger partial charge is 0.326 e. The molecule has 6 N–H and O–H groups in total. The largest absolute Gasteiger partial charge is 0.480 e. The number of hydrogen-bond acceptors (Lipinski definition) is 4. The summed E-state index contributed by atoms with van der Waals surface area (Å²) in [5.74, 6) is -2.02. The quantitative estimate of drug-likeness (QED) is 0.270. The first-order chi connectivity index (χ1) is 14.8. The second kappa shape index (κ2) is 12.8. The van der Waals surface area contributed by atoms with Crippen LogP contribution in [0.2, 0.25) is 0 Å². The van der Waals surface area contributed by atoms with Crippen LogP contribution in [0.1, 0.15) is 55.6 Å². The van der Waals surface area contributed by atoms with E-state index >= 15 is 0 Å². The van der Waals surface area contributed by atoms with Gasteiger partial charge in [-0.25, -0.2) is 4.79 Å². The number of carbonyl (C=O) groups excluding carboxylic acids is 1. The number of nitrogens with one attached hydrogen (secondary N) is 1. The minimum atomic E-state index is -1.20. The van der Waals surface area contributed by atoms with E-state index < -0.39 is 23.5 Å². The van der Waals surface area contributed by atoms with E-state index in [9.17, 15) is 19.5 Å². The Morgan fingerprint density at radius 2 is 1.77 bits per heavy atom. The van der Waals surface area contributed by atoms with Gasteiger partial charge < -0.3 is 26.5 Å². The summed E-state index contributed by atoms with van der Waals surface area (Å²) in [6.45, 7) is 6.09. The van der Waals surface area contributed by atoms with Gasteiger partial charge in [-0.05, 0) is 37.5 Å². The van der Waals surface area contributed by atoms with Crippen molar-refractivity contribution in [1.82, 2.24) is 9.88 Å². The summed E-state index contributed by atoms with van der Waals surface area (Å²) in [6, 6.07) is 10.9. The highest BCUT2D eigenvalue weighted by Gasteiger charge is 2.23. The average Bonchev–Trinajstić information content (AvgIpc) is 2.77. The number of nitrogens with zero attached hydrogens (tertiary/aromatic N) is 2. The maximum atomic E-state index is 12.8. The highest BCUT2D eigenvalue weighted by molar-refractivity contribution is 5.96. The van der Waals surface area contributed by atoms with Crippen LogP contribution in [-0.4, -0.2) is 40.1 Å². The zero-order valence-corrected chi connectivity index (χ0v) is 18.1. The van der Waals surface area contributed by atoms with Crippen molar-refractivity contribution in [2.45, 2.75) is 45.7 Å². The molecule has 31 heavy (non-hydrogen) atoms. The van der Waals surface area contributed by atoms with Crippen LogP contribution in [0.5, 0.6) is 0 Å². The van der Waals surface area contributed by atoms with Gasteiger partial charge >= 0.3 is 5.97 Å².